The fourth-order valence-electron chi connectivity index (χ4n) is 2.86. The zero-order valence-electron chi connectivity index (χ0n) is 12.5. The van der Waals surface area contributed by atoms with Gasteiger partial charge in [-0.1, -0.05) is 66.7 Å². The van der Waals surface area contributed by atoms with Crippen LogP contribution in [-0.2, 0) is 16.8 Å². The van der Waals surface area contributed by atoms with Crippen molar-refractivity contribution in [2.24, 2.45) is 0 Å². The van der Waals surface area contributed by atoms with E-state index in [2.05, 4.69) is 97.1 Å². The Labute approximate surface area is 148 Å². The van der Waals surface area contributed by atoms with E-state index in [4.69, 9.17) is 0 Å². The van der Waals surface area contributed by atoms with E-state index >= 15 is 0 Å². The van der Waals surface area contributed by atoms with Crippen molar-refractivity contribution in [3.8, 4) is 0 Å². The van der Waals surface area contributed by atoms with Crippen LogP contribution < -0.4 is 15.9 Å². The summed E-state index contributed by atoms with van der Waals surface area (Å²) in [6.45, 7) is 0. The van der Waals surface area contributed by atoms with Crippen LogP contribution in [0.1, 0.15) is 0 Å². The predicted molar refractivity (Wildman–Crippen MR) is 98.2 cm³/mol. The third kappa shape index (κ3) is 3.28. The number of hydrogen-bond acceptors (Lipinski definition) is 0. The fraction of sp³-hybridized carbons (Fsp3) is 0. The van der Waals surface area contributed by atoms with Crippen LogP contribution in [0.25, 0.3) is 10.8 Å². The zero-order valence-corrected chi connectivity index (χ0v) is 14.5. The summed E-state index contributed by atoms with van der Waals surface area (Å²) in [4.78, 5) is 0. The fourth-order valence-corrected chi connectivity index (χ4v) is 5.24. The molecule has 0 aliphatic heterocycles. The predicted octanol–water partition coefficient (Wildman–Crippen LogP) is 4.31. The van der Waals surface area contributed by atoms with Crippen molar-refractivity contribution < 1.29 is 16.8 Å². The molecule has 4 rings (SSSR count). The smallest absolute Gasteiger partial charge is 0 e. The second kappa shape index (κ2) is 7.19. The molecule has 0 aliphatic carbocycles. The molecule has 23 heavy (non-hydrogen) atoms. The minimum atomic E-state index is -0.493. The van der Waals surface area contributed by atoms with Crippen LogP contribution in [0, 0.1) is 0 Å². The van der Waals surface area contributed by atoms with Gasteiger partial charge in [0.15, 0.2) is 0 Å². The maximum atomic E-state index is 2.35. The molecular weight excluding hydrogens is 342 g/mol. The molecule has 0 atom stereocenters. The van der Waals surface area contributed by atoms with Crippen molar-refractivity contribution >= 4 is 34.6 Å². The van der Waals surface area contributed by atoms with E-state index in [0.717, 1.165) is 0 Å². The Hall–Kier alpha value is -1.79. The molecule has 0 nitrogen and oxygen atoms in total. The number of hydrogen-bond donors (Lipinski definition) is 0. The molecule has 0 unspecified atom stereocenters. The van der Waals surface area contributed by atoms with Crippen LogP contribution >= 0.6 is 7.92 Å². The van der Waals surface area contributed by atoms with E-state index in [9.17, 15) is 0 Å². The molecule has 0 saturated heterocycles. The Morgan fingerprint density at radius 1 is 0.609 bits per heavy atom. The molecule has 4 aromatic carbocycles. The second-order valence-electron chi connectivity index (χ2n) is 5.35. The first kappa shape index (κ1) is 16.1. The quantitative estimate of drug-likeness (QED) is 0.378. The first-order valence-electron chi connectivity index (χ1n) is 7.47. The normalized spacial score (nSPS) is 10.7. The van der Waals surface area contributed by atoms with Gasteiger partial charge in [-0.05, 0) is 18.5 Å². The molecule has 2 heteroatoms. The van der Waals surface area contributed by atoms with E-state index < -0.39 is 7.92 Å². The van der Waals surface area contributed by atoms with Gasteiger partial charge in [0.1, 0.15) is 0 Å². The average molecular weight is 358 g/mol. The minimum absolute atomic E-state index is 0. The van der Waals surface area contributed by atoms with Crippen molar-refractivity contribution in [2.75, 3.05) is 0 Å². The molecule has 0 bridgehead atoms. The van der Waals surface area contributed by atoms with Crippen molar-refractivity contribution in [2.45, 2.75) is 0 Å². The Kier molecular flexibility index (Phi) is 5.02. The van der Waals surface area contributed by atoms with E-state index in [1.165, 1.54) is 26.7 Å². The van der Waals surface area contributed by atoms with E-state index in [1.807, 2.05) is 0 Å². The Balaban J connectivity index is 0.00000156. The summed E-state index contributed by atoms with van der Waals surface area (Å²) in [5.74, 6) is 0. The van der Waals surface area contributed by atoms with Gasteiger partial charge in [0.2, 0.25) is 0 Å². The largest absolute Gasteiger partial charge is 0.160 e. The molecule has 0 amide bonds. The summed E-state index contributed by atoms with van der Waals surface area (Å²) >= 11 is 0. The van der Waals surface area contributed by atoms with Crippen molar-refractivity contribution in [3.63, 3.8) is 0 Å². The molecule has 0 aliphatic rings. The molecule has 1 radical (unpaired) electrons. The summed E-state index contributed by atoms with van der Waals surface area (Å²) in [5, 5.41) is 6.89. The average Bonchev–Trinajstić information content (AvgIpc) is 3.00. The number of benzene rings is 3. The van der Waals surface area contributed by atoms with E-state index in [0.29, 0.717) is 0 Å². The van der Waals surface area contributed by atoms with Gasteiger partial charge in [0.25, 0.3) is 0 Å². The summed E-state index contributed by atoms with van der Waals surface area (Å²) in [6.07, 6.45) is 0. The first-order valence-corrected chi connectivity index (χ1v) is 8.82. The molecule has 4 aromatic rings. The Bertz CT molecular complexity index is 809. The van der Waals surface area contributed by atoms with Crippen molar-refractivity contribution in [1.29, 1.82) is 0 Å². The summed E-state index contributed by atoms with van der Waals surface area (Å²) < 4.78 is 0. The number of fused-ring (bicyclic) bond motifs is 1. The zero-order chi connectivity index (χ0) is 14.8. The maximum absolute atomic E-state index is 2.35. The summed E-state index contributed by atoms with van der Waals surface area (Å²) in [7, 11) is -0.493. The minimum Gasteiger partial charge on any atom is -0.160 e. The molecule has 115 valence electrons. The molecule has 0 heterocycles. The van der Waals surface area contributed by atoms with Crippen LogP contribution in [0.3, 0.4) is 0 Å². The van der Waals surface area contributed by atoms with E-state index in [-0.39, 0.29) is 16.8 Å². The molecule has 0 saturated carbocycles. The number of rotatable bonds is 3. The molecular formula is C21H16CoP-. The van der Waals surface area contributed by atoms with Crippen LogP contribution in [0.15, 0.2) is 97.1 Å². The molecule has 0 spiro atoms. The van der Waals surface area contributed by atoms with Crippen LogP contribution in [0.5, 0.6) is 0 Å². The Morgan fingerprint density at radius 3 is 1.70 bits per heavy atom. The third-order valence-electron chi connectivity index (χ3n) is 3.89. The maximum Gasteiger partial charge on any atom is 0 e. The molecule has 0 N–H and O–H groups in total. The summed E-state index contributed by atoms with van der Waals surface area (Å²) in [5.41, 5.74) is 0. The van der Waals surface area contributed by atoms with E-state index in [1.54, 1.807) is 0 Å². The van der Waals surface area contributed by atoms with Gasteiger partial charge in [-0.25, -0.2) is 0 Å². The van der Waals surface area contributed by atoms with Gasteiger partial charge in [-0.3, -0.25) is 0 Å². The SMILES string of the molecule is [Co].c1ccc(P(c2ccccc2)c2cc3ccccc3[cH-]2)cc1. The van der Waals surface area contributed by atoms with Gasteiger partial charge in [-0.15, -0.1) is 40.3 Å². The monoisotopic (exact) mass is 358 g/mol. The summed E-state index contributed by atoms with van der Waals surface area (Å²) in [6, 6.07) is 35.0. The standard InChI is InChI=1S/C21H16P.Co/c1-3-11-19(12-4-1)22(20-13-5-2-6-14-20)21-15-17-9-7-8-10-18(17)16-21;/h1-16H;/q-1;. The molecule has 0 aromatic heterocycles. The molecule has 0 fully saturated rings. The van der Waals surface area contributed by atoms with Crippen molar-refractivity contribution in [1.82, 2.24) is 0 Å². The van der Waals surface area contributed by atoms with Gasteiger partial charge in [0.05, 0.1) is 0 Å². The van der Waals surface area contributed by atoms with Gasteiger partial charge >= 0.3 is 0 Å². The Morgan fingerprint density at radius 2 is 1.13 bits per heavy atom. The van der Waals surface area contributed by atoms with Crippen LogP contribution in [-0.4, -0.2) is 0 Å². The third-order valence-corrected chi connectivity index (χ3v) is 6.29. The van der Waals surface area contributed by atoms with Gasteiger partial charge in [0, 0.05) is 16.8 Å². The topological polar surface area (TPSA) is 0 Å². The first-order chi connectivity index (χ1) is 10.9. The second-order valence-corrected chi connectivity index (χ2v) is 7.57. The van der Waals surface area contributed by atoms with Gasteiger partial charge in [-0.2, -0.15) is 6.07 Å². The van der Waals surface area contributed by atoms with Crippen LogP contribution in [0.4, 0.5) is 0 Å². The van der Waals surface area contributed by atoms with Crippen molar-refractivity contribution in [3.05, 3.63) is 97.1 Å². The van der Waals surface area contributed by atoms with Gasteiger partial charge < -0.3 is 0 Å². The van der Waals surface area contributed by atoms with Crippen LogP contribution in [0.2, 0.25) is 0 Å².